The first-order valence-corrected chi connectivity index (χ1v) is 8.66. The van der Waals surface area contributed by atoms with Crippen molar-refractivity contribution < 1.29 is 14.3 Å². The minimum absolute atomic E-state index is 0.258. The largest absolute Gasteiger partial charge is 0.496 e. The second-order valence-electron chi connectivity index (χ2n) is 6.05. The summed E-state index contributed by atoms with van der Waals surface area (Å²) in [6.07, 6.45) is 0. The van der Waals surface area contributed by atoms with Gasteiger partial charge in [0.05, 0.1) is 13.7 Å². The molecule has 0 bridgehead atoms. The molecule has 0 aliphatic rings. The highest BCUT2D eigenvalue weighted by Gasteiger charge is 2.12. The topological polar surface area (TPSA) is 47.6 Å². The van der Waals surface area contributed by atoms with Gasteiger partial charge in [0, 0.05) is 33.5 Å². The van der Waals surface area contributed by atoms with Gasteiger partial charge in [-0.25, -0.2) is 0 Å². The van der Waals surface area contributed by atoms with Crippen molar-refractivity contribution in [2.75, 3.05) is 19.0 Å². The first-order valence-electron chi connectivity index (χ1n) is 7.91. The molecule has 0 aliphatic carbocycles. The smallest absolute Gasteiger partial charge is 0.255 e. The Hall–Kier alpha value is -1.75. The van der Waals surface area contributed by atoms with Crippen molar-refractivity contribution in [2.24, 2.45) is 5.92 Å². The molecule has 2 rings (SSSR count). The molecule has 0 atom stereocenters. The van der Waals surface area contributed by atoms with Crippen LogP contribution in [0.15, 0.2) is 36.4 Å². The van der Waals surface area contributed by atoms with Crippen LogP contribution >= 0.6 is 23.2 Å². The molecule has 0 aromatic heterocycles. The average molecular weight is 382 g/mol. The minimum atomic E-state index is -0.258. The third kappa shape index (κ3) is 5.92. The molecule has 0 aliphatic heterocycles. The number of carbonyl (C=O) groups excluding carboxylic acids is 1. The Labute approximate surface area is 158 Å². The third-order valence-corrected chi connectivity index (χ3v) is 3.81. The monoisotopic (exact) mass is 381 g/mol. The van der Waals surface area contributed by atoms with Crippen molar-refractivity contribution in [3.63, 3.8) is 0 Å². The maximum Gasteiger partial charge on any atom is 0.255 e. The van der Waals surface area contributed by atoms with Crippen LogP contribution in [0.2, 0.25) is 10.0 Å². The van der Waals surface area contributed by atoms with Crippen LogP contribution in [-0.4, -0.2) is 19.6 Å². The van der Waals surface area contributed by atoms with Gasteiger partial charge in [0.1, 0.15) is 5.75 Å². The Kier molecular flexibility index (Phi) is 7.12. The Morgan fingerprint density at radius 1 is 1.12 bits per heavy atom. The fraction of sp³-hybridized carbons (Fsp3) is 0.316. The van der Waals surface area contributed by atoms with E-state index in [9.17, 15) is 4.79 Å². The van der Waals surface area contributed by atoms with Crippen molar-refractivity contribution in [3.8, 4) is 5.75 Å². The quantitative estimate of drug-likeness (QED) is 0.695. The van der Waals surface area contributed by atoms with Crippen molar-refractivity contribution in [1.82, 2.24) is 0 Å². The number of methoxy groups -OCH3 is 1. The lowest BCUT2D eigenvalue weighted by Gasteiger charge is -2.13. The van der Waals surface area contributed by atoms with Gasteiger partial charge >= 0.3 is 0 Å². The molecule has 0 unspecified atom stereocenters. The van der Waals surface area contributed by atoms with E-state index in [1.54, 1.807) is 43.5 Å². The predicted octanol–water partition coefficient (Wildman–Crippen LogP) is 5.43. The summed E-state index contributed by atoms with van der Waals surface area (Å²) in [6.45, 7) is 5.18. The van der Waals surface area contributed by atoms with Crippen LogP contribution in [0.1, 0.15) is 29.8 Å². The third-order valence-electron chi connectivity index (χ3n) is 3.37. The van der Waals surface area contributed by atoms with Crippen molar-refractivity contribution >= 4 is 34.8 Å². The summed E-state index contributed by atoms with van der Waals surface area (Å²) in [7, 11) is 1.59. The SMILES string of the molecule is COc1ccc(C(=O)Nc2cc(Cl)cc(Cl)c2)cc1COCC(C)C. The van der Waals surface area contributed by atoms with E-state index in [-0.39, 0.29) is 5.91 Å². The Morgan fingerprint density at radius 2 is 1.80 bits per heavy atom. The summed E-state index contributed by atoms with van der Waals surface area (Å²) in [6, 6.07) is 10.1. The maximum atomic E-state index is 12.5. The molecule has 2 aromatic carbocycles. The van der Waals surface area contributed by atoms with Crippen LogP contribution in [0, 0.1) is 5.92 Å². The van der Waals surface area contributed by atoms with E-state index in [4.69, 9.17) is 32.7 Å². The van der Waals surface area contributed by atoms with E-state index in [1.165, 1.54) is 0 Å². The lowest BCUT2D eigenvalue weighted by Crippen LogP contribution is -2.13. The van der Waals surface area contributed by atoms with E-state index < -0.39 is 0 Å². The summed E-state index contributed by atoms with van der Waals surface area (Å²) in [5, 5.41) is 3.71. The molecule has 2 aromatic rings. The van der Waals surface area contributed by atoms with E-state index in [0.29, 0.717) is 46.2 Å². The van der Waals surface area contributed by atoms with Crippen molar-refractivity contribution in [1.29, 1.82) is 0 Å². The molecule has 134 valence electrons. The molecule has 0 fully saturated rings. The first kappa shape index (κ1) is 19.6. The lowest BCUT2D eigenvalue weighted by atomic mass is 10.1. The molecule has 0 heterocycles. The zero-order valence-electron chi connectivity index (χ0n) is 14.4. The predicted molar refractivity (Wildman–Crippen MR) is 102 cm³/mol. The lowest BCUT2D eigenvalue weighted by molar-refractivity contribution is 0.0952. The normalized spacial score (nSPS) is 10.8. The van der Waals surface area contributed by atoms with Gasteiger partial charge in [-0.05, 0) is 42.3 Å². The highest BCUT2D eigenvalue weighted by molar-refractivity contribution is 6.35. The molecule has 0 spiro atoms. The molecule has 4 nitrogen and oxygen atoms in total. The van der Waals surface area contributed by atoms with E-state index >= 15 is 0 Å². The van der Waals surface area contributed by atoms with Gasteiger partial charge in [0.15, 0.2) is 0 Å². The number of benzene rings is 2. The van der Waals surface area contributed by atoms with Crippen LogP contribution in [0.5, 0.6) is 5.75 Å². The van der Waals surface area contributed by atoms with Gasteiger partial charge < -0.3 is 14.8 Å². The highest BCUT2D eigenvalue weighted by Crippen LogP contribution is 2.24. The molecule has 1 amide bonds. The Morgan fingerprint density at radius 3 is 2.40 bits per heavy atom. The number of halogens is 2. The fourth-order valence-electron chi connectivity index (χ4n) is 2.27. The summed E-state index contributed by atoms with van der Waals surface area (Å²) >= 11 is 11.9. The number of carbonyl (C=O) groups is 1. The number of hydrogen-bond acceptors (Lipinski definition) is 3. The molecule has 0 radical (unpaired) electrons. The number of hydrogen-bond donors (Lipinski definition) is 1. The number of rotatable bonds is 7. The second-order valence-corrected chi connectivity index (χ2v) is 6.92. The standard InChI is InChI=1S/C19H21Cl2NO3/c1-12(2)10-25-11-14-6-13(4-5-18(14)24-3)19(23)22-17-8-15(20)7-16(21)9-17/h4-9,12H,10-11H2,1-3H3,(H,22,23). The van der Waals surface area contributed by atoms with Crippen LogP contribution in [0.4, 0.5) is 5.69 Å². The van der Waals surface area contributed by atoms with Crippen LogP contribution in [-0.2, 0) is 11.3 Å². The summed E-state index contributed by atoms with van der Waals surface area (Å²) in [4.78, 5) is 12.5. The Bertz CT molecular complexity index is 727. The van der Waals surface area contributed by atoms with Crippen LogP contribution in [0.3, 0.4) is 0 Å². The molecule has 1 N–H and O–H groups in total. The van der Waals surface area contributed by atoms with Crippen LogP contribution in [0.25, 0.3) is 0 Å². The Balaban J connectivity index is 2.15. The highest BCUT2D eigenvalue weighted by atomic mass is 35.5. The second kappa shape index (κ2) is 9.09. The van der Waals surface area contributed by atoms with Crippen molar-refractivity contribution in [2.45, 2.75) is 20.5 Å². The zero-order valence-corrected chi connectivity index (χ0v) is 15.9. The van der Waals surface area contributed by atoms with E-state index in [1.807, 2.05) is 0 Å². The first-order chi connectivity index (χ1) is 11.9. The van der Waals surface area contributed by atoms with Crippen molar-refractivity contribution in [3.05, 3.63) is 57.6 Å². The van der Waals surface area contributed by atoms with Gasteiger partial charge in [-0.1, -0.05) is 37.0 Å². The minimum Gasteiger partial charge on any atom is -0.496 e. The molecule has 0 saturated heterocycles. The van der Waals surface area contributed by atoms with Gasteiger partial charge in [-0.3, -0.25) is 4.79 Å². The number of amides is 1. The number of anilines is 1. The van der Waals surface area contributed by atoms with Gasteiger partial charge in [0.25, 0.3) is 5.91 Å². The molecule has 6 heteroatoms. The number of nitrogens with one attached hydrogen (secondary N) is 1. The fourth-order valence-corrected chi connectivity index (χ4v) is 2.79. The van der Waals surface area contributed by atoms with Crippen LogP contribution < -0.4 is 10.1 Å². The number of ether oxygens (including phenoxy) is 2. The summed E-state index contributed by atoms with van der Waals surface area (Å²) in [5.74, 6) is 0.863. The maximum absolute atomic E-state index is 12.5. The molecule has 25 heavy (non-hydrogen) atoms. The van der Waals surface area contributed by atoms with E-state index in [0.717, 1.165) is 5.56 Å². The van der Waals surface area contributed by atoms with Gasteiger partial charge in [0.2, 0.25) is 0 Å². The molecule has 0 saturated carbocycles. The summed E-state index contributed by atoms with van der Waals surface area (Å²) < 4.78 is 11.0. The molecular formula is C19H21Cl2NO3. The van der Waals surface area contributed by atoms with E-state index in [2.05, 4.69) is 19.2 Å². The average Bonchev–Trinajstić information content (AvgIpc) is 2.53. The van der Waals surface area contributed by atoms with Gasteiger partial charge in [-0.2, -0.15) is 0 Å². The molecular weight excluding hydrogens is 361 g/mol. The van der Waals surface area contributed by atoms with Gasteiger partial charge in [-0.15, -0.1) is 0 Å². The zero-order chi connectivity index (χ0) is 18.4. The summed E-state index contributed by atoms with van der Waals surface area (Å²) in [5.41, 5.74) is 1.86.